The average Bonchev–Trinajstić information content (AvgIpc) is 2.45. The Morgan fingerprint density at radius 1 is 1.15 bits per heavy atom. The van der Waals surface area contributed by atoms with Crippen molar-refractivity contribution in [1.29, 1.82) is 0 Å². The molecular formula is C17H35NO2. The van der Waals surface area contributed by atoms with Gasteiger partial charge < -0.3 is 15.2 Å². The molecule has 0 aromatic rings. The first kappa shape index (κ1) is 17.9. The van der Waals surface area contributed by atoms with E-state index in [2.05, 4.69) is 20.8 Å². The smallest absolute Gasteiger partial charge is 0.0805 e. The summed E-state index contributed by atoms with van der Waals surface area (Å²) >= 11 is 0. The van der Waals surface area contributed by atoms with Crippen LogP contribution in [0.5, 0.6) is 0 Å². The first-order valence-electron chi connectivity index (χ1n) is 8.53. The first-order valence-corrected chi connectivity index (χ1v) is 8.53. The van der Waals surface area contributed by atoms with Crippen LogP contribution in [0.1, 0.15) is 65.7 Å². The topological polar surface area (TPSA) is 44.5 Å². The van der Waals surface area contributed by atoms with Gasteiger partial charge in [0.15, 0.2) is 0 Å². The fourth-order valence-corrected chi connectivity index (χ4v) is 3.05. The van der Waals surface area contributed by atoms with E-state index in [1.54, 1.807) is 0 Å². The summed E-state index contributed by atoms with van der Waals surface area (Å²) in [6.07, 6.45) is 8.59. The second kappa shape index (κ2) is 9.75. The molecule has 3 nitrogen and oxygen atoms in total. The van der Waals surface area contributed by atoms with Gasteiger partial charge in [-0.15, -0.1) is 0 Å². The van der Waals surface area contributed by atoms with Gasteiger partial charge in [0, 0.05) is 13.2 Å². The lowest BCUT2D eigenvalue weighted by molar-refractivity contribution is -0.0891. The highest BCUT2D eigenvalue weighted by atomic mass is 16.5. The molecule has 0 atom stereocenters. The monoisotopic (exact) mass is 285 g/mol. The van der Waals surface area contributed by atoms with E-state index in [0.29, 0.717) is 25.7 Å². The number of hydrogen-bond donors (Lipinski definition) is 1. The molecule has 0 aliphatic heterocycles. The molecule has 1 aliphatic carbocycles. The van der Waals surface area contributed by atoms with Crippen molar-refractivity contribution >= 4 is 0 Å². The van der Waals surface area contributed by atoms with Crippen molar-refractivity contribution in [2.45, 2.75) is 71.3 Å². The number of nitrogens with two attached hydrogens (primary N) is 1. The molecule has 0 heterocycles. The molecule has 1 saturated carbocycles. The van der Waals surface area contributed by atoms with Gasteiger partial charge in [0.1, 0.15) is 0 Å². The van der Waals surface area contributed by atoms with E-state index >= 15 is 0 Å². The van der Waals surface area contributed by atoms with Crippen LogP contribution in [0.15, 0.2) is 0 Å². The molecule has 0 unspecified atom stereocenters. The summed E-state index contributed by atoms with van der Waals surface area (Å²) in [6.45, 7) is 9.60. The van der Waals surface area contributed by atoms with Crippen molar-refractivity contribution in [1.82, 2.24) is 0 Å². The molecule has 1 fully saturated rings. The van der Waals surface area contributed by atoms with Crippen LogP contribution in [0.3, 0.4) is 0 Å². The Kier molecular flexibility index (Phi) is 8.74. The molecule has 0 saturated heterocycles. The van der Waals surface area contributed by atoms with Crippen molar-refractivity contribution in [3.8, 4) is 0 Å². The van der Waals surface area contributed by atoms with Crippen LogP contribution < -0.4 is 5.73 Å². The molecule has 0 aromatic heterocycles. The fourth-order valence-electron chi connectivity index (χ4n) is 3.05. The molecule has 0 aromatic carbocycles. The molecule has 1 aliphatic rings. The van der Waals surface area contributed by atoms with E-state index in [4.69, 9.17) is 15.2 Å². The molecule has 0 amide bonds. The highest BCUT2D eigenvalue weighted by molar-refractivity contribution is 4.88. The van der Waals surface area contributed by atoms with E-state index in [9.17, 15) is 0 Å². The van der Waals surface area contributed by atoms with Gasteiger partial charge >= 0.3 is 0 Å². The summed E-state index contributed by atoms with van der Waals surface area (Å²) in [7, 11) is 0. The highest BCUT2D eigenvalue weighted by Gasteiger charge is 2.34. The second-order valence-corrected chi connectivity index (χ2v) is 6.76. The standard InChI is InChI=1S/C17H35NO2/c1-4-5-16-6-9-17(14-18,10-7-16)20-13-12-19-11-8-15(2)3/h15-16H,4-14,18H2,1-3H3. The second-order valence-electron chi connectivity index (χ2n) is 6.76. The molecule has 1 rings (SSSR count). The summed E-state index contributed by atoms with van der Waals surface area (Å²) in [4.78, 5) is 0. The molecular weight excluding hydrogens is 250 g/mol. The van der Waals surface area contributed by atoms with Gasteiger partial charge in [0.05, 0.1) is 18.8 Å². The molecule has 0 radical (unpaired) electrons. The van der Waals surface area contributed by atoms with Crippen LogP contribution in [0.4, 0.5) is 0 Å². The minimum absolute atomic E-state index is 0.0638. The maximum atomic E-state index is 6.10. The largest absolute Gasteiger partial charge is 0.379 e. The predicted octanol–water partition coefficient (Wildman–Crippen LogP) is 3.75. The van der Waals surface area contributed by atoms with Gasteiger partial charge in [-0.3, -0.25) is 0 Å². The Morgan fingerprint density at radius 2 is 1.85 bits per heavy atom. The number of hydrogen-bond acceptors (Lipinski definition) is 3. The molecule has 3 heteroatoms. The van der Waals surface area contributed by atoms with Crippen LogP contribution >= 0.6 is 0 Å². The summed E-state index contributed by atoms with van der Waals surface area (Å²) < 4.78 is 11.7. The van der Waals surface area contributed by atoms with Gasteiger partial charge in [-0.25, -0.2) is 0 Å². The third-order valence-corrected chi connectivity index (χ3v) is 4.56. The van der Waals surface area contributed by atoms with E-state index in [0.717, 1.165) is 31.8 Å². The zero-order valence-electron chi connectivity index (χ0n) is 13.8. The predicted molar refractivity (Wildman–Crippen MR) is 84.9 cm³/mol. The van der Waals surface area contributed by atoms with Gasteiger partial charge in [-0.1, -0.05) is 33.6 Å². The van der Waals surface area contributed by atoms with E-state index in [-0.39, 0.29) is 5.60 Å². The van der Waals surface area contributed by atoms with E-state index in [1.165, 1.54) is 25.7 Å². The lowest BCUT2D eigenvalue weighted by Gasteiger charge is -2.39. The van der Waals surface area contributed by atoms with Gasteiger partial charge in [0.25, 0.3) is 0 Å². The summed E-state index contributed by atoms with van der Waals surface area (Å²) in [5, 5.41) is 0. The number of ether oxygens (including phenoxy) is 2. The first-order chi connectivity index (χ1) is 9.62. The minimum Gasteiger partial charge on any atom is -0.379 e. The van der Waals surface area contributed by atoms with Gasteiger partial charge in [-0.05, 0) is 43.9 Å². The maximum Gasteiger partial charge on any atom is 0.0805 e. The van der Waals surface area contributed by atoms with Crippen LogP contribution in [-0.2, 0) is 9.47 Å². The van der Waals surface area contributed by atoms with Crippen molar-refractivity contribution in [2.24, 2.45) is 17.6 Å². The van der Waals surface area contributed by atoms with E-state index < -0.39 is 0 Å². The molecule has 2 N–H and O–H groups in total. The van der Waals surface area contributed by atoms with Crippen molar-refractivity contribution in [3.05, 3.63) is 0 Å². The SMILES string of the molecule is CCCC1CCC(CN)(OCCOCCC(C)C)CC1. The third-order valence-electron chi connectivity index (χ3n) is 4.56. The average molecular weight is 285 g/mol. The van der Waals surface area contributed by atoms with Crippen LogP contribution in [0.25, 0.3) is 0 Å². The summed E-state index contributed by atoms with van der Waals surface area (Å²) in [5.41, 5.74) is 5.91. The van der Waals surface area contributed by atoms with Crippen LogP contribution in [0.2, 0.25) is 0 Å². The zero-order valence-corrected chi connectivity index (χ0v) is 13.8. The highest BCUT2D eigenvalue weighted by Crippen LogP contribution is 2.36. The number of rotatable bonds is 10. The summed E-state index contributed by atoms with van der Waals surface area (Å²) in [6, 6.07) is 0. The van der Waals surface area contributed by atoms with E-state index in [1.807, 2.05) is 0 Å². The van der Waals surface area contributed by atoms with Crippen LogP contribution in [0, 0.1) is 11.8 Å². The lowest BCUT2D eigenvalue weighted by Crippen LogP contribution is -2.44. The molecule has 20 heavy (non-hydrogen) atoms. The van der Waals surface area contributed by atoms with Gasteiger partial charge in [-0.2, -0.15) is 0 Å². The molecule has 0 bridgehead atoms. The normalized spacial score (nSPS) is 27.1. The molecule has 0 spiro atoms. The van der Waals surface area contributed by atoms with Crippen molar-refractivity contribution in [2.75, 3.05) is 26.4 Å². The maximum absolute atomic E-state index is 6.10. The fraction of sp³-hybridized carbons (Fsp3) is 1.00. The Bertz CT molecular complexity index is 235. The Hall–Kier alpha value is -0.120. The van der Waals surface area contributed by atoms with Crippen molar-refractivity contribution in [3.63, 3.8) is 0 Å². The quantitative estimate of drug-likeness (QED) is 0.622. The van der Waals surface area contributed by atoms with Crippen molar-refractivity contribution < 1.29 is 9.47 Å². The third kappa shape index (κ3) is 6.55. The minimum atomic E-state index is -0.0638. The lowest BCUT2D eigenvalue weighted by atomic mass is 9.77. The van der Waals surface area contributed by atoms with Gasteiger partial charge in [0.2, 0.25) is 0 Å². The Balaban J connectivity index is 2.16. The molecule has 120 valence electrons. The van der Waals surface area contributed by atoms with Crippen LogP contribution in [-0.4, -0.2) is 32.0 Å². The zero-order chi connectivity index (χ0) is 14.8. The Labute approximate surface area is 125 Å². The summed E-state index contributed by atoms with van der Waals surface area (Å²) in [5.74, 6) is 1.60. The Morgan fingerprint density at radius 3 is 2.40 bits per heavy atom.